The third-order valence-corrected chi connectivity index (χ3v) is 5.62. The van der Waals surface area contributed by atoms with Crippen LogP contribution >= 0.6 is 11.3 Å². The first-order valence-electron chi connectivity index (χ1n) is 9.06. The van der Waals surface area contributed by atoms with E-state index in [1.54, 1.807) is 14.0 Å². The minimum atomic E-state index is -0.777. The number of hydrogen-bond donors (Lipinski definition) is 1. The van der Waals surface area contributed by atoms with Gasteiger partial charge in [0.25, 0.3) is 5.91 Å². The van der Waals surface area contributed by atoms with Gasteiger partial charge in [-0.15, -0.1) is 11.3 Å². The molecule has 0 radical (unpaired) electrons. The highest BCUT2D eigenvalue weighted by atomic mass is 32.1. The van der Waals surface area contributed by atoms with Crippen molar-refractivity contribution < 1.29 is 19.1 Å². The summed E-state index contributed by atoms with van der Waals surface area (Å²) in [6.45, 7) is 1.78. The molecule has 1 amide bonds. The zero-order valence-corrected chi connectivity index (χ0v) is 17.3. The van der Waals surface area contributed by atoms with Crippen LogP contribution in [0.3, 0.4) is 0 Å². The van der Waals surface area contributed by atoms with Gasteiger partial charge >= 0.3 is 5.97 Å². The maximum atomic E-state index is 12.9. The molecule has 1 heterocycles. The lowest BCUT2D eigenvalue weighted by Gasteiger charge is -2.16. The Morgan fingerprint density at radius 3 is 2.38 bits per heavy atom. The van der Waals surface area contributed by atoms with Crippen LogP contribution in [0.25, 0.3) is 10.6 Å². The van der Waals surface area contributed by atoms with Crippen molar-refractivity contribution >= 4 is 23.2 Å². The number of benzene rings is 2. The highest BCUT2D eigenvalue weighted by Gasteiger charge is 2.25. The SMILES string of the molecule is COC(=O)[C@H](Cc1ccccc1)NC(=O)c1sc(-c2ccc(OC)cc2)nc1C. The molecular formula is C22H22N2O4S. The van der Waals surface area contributed by atoms with E-state index in [0.717, 1.165) is 21.9 Å². The van der Waals surface area contributed by atoms with Crippen molar-refractivity contribution in [3.8, 4) is 16.3 Å². The van der Waals surface area contributed by atoms with Crippen LogP contribution in [-0.2, 0) is 16.0 Å². The summed E-state index contributed by atoms with van der Waals surface area (Å²) < 4.78 is 10.0. The predicted molar refractivity (Wildman–Crippen MR) is 112 cm³/mol. The van der Waals surface area contributed by atoms with E-state index in [0.29, 0.717) is 17.0 Å². The second-order valence-corrected chi connectivity index (χ2v) is 7.40. The Balaban J connectivity index is 1.79. The van der Waals surface area contributed by atoms with Crippen molar-refractivity contribution in [3.05, 3.63) is 70.7 Å². The molecule has 3 rings (SSSR count). The molecule has 6 nitrogen and oxygen atoms in total. The van der Waals surface area contributed by atoms with Gasteiger partial charge in [0.15, 0.2) is 0 Å². The lowest BCUT2D eigenvalue weighted by molar-refractivity contribution is -0.142. The summed E-state index contributed by atoms with van der Waals surface area (Å²) >= 11 is 1.29. The van der Waals surface area contributed by atoms with Gasteiger partial charge in [-0.25, -0.2) is 9.78 Å². The summed E-state index contributed by atoms with van der Waals surface area (Å²) in [4.78, 5) is 30.0. The van der Waals surface area contributed by atoms with Gasteiger partial charge < -0.3 is 14.8 Å². The molecule has 0 saturated carbocycles. The van der Waals surface area contributed by atoms with Crippen LogP contribution in [0.4, 0.5) is 0 Å². The van der Waals surface area contributed by atoms with E-state index in [4.69, 9.17) is 9.47 Å². The number of carbonyl (C=O) groups excluding carboxylic acids is 2. The fraction of sp³-hybridized carbons (Fsp3) is 0.227. The van der Waals surface area contributed by atoms with Gasteiger partial charge in [-0.3, -0.25) is 4.79 Å². The van der Waals surface area contributed by atoms with Crippen LogP contribution in [0, 0.1) is 6.92 Å². The number of hydrogen-bond acceptors (Lipinski definition) is 6. The van der Waals surface area contributed by atoms with Crippen LogP contribution in [0.1, 0.15) is 20.9 Å². The molecule has 0 aliphatic carbocycles. The molecule has 150 valence electrons. The standard InChI is InChI=1S/C22H22N2O4S/c1-14-19(29-21(23-14)16-9-11-17(27-2)12-10-16)20(25)24-18(22(26)28-3)13-15-7-5-4-6-8-15/h4-12,18H,13H2,1-3H3,(H,24,25)/t18-/m0/s1. The molecule has 0 fully saturated rings. The maximum Gasteiger partial charge on any atom is 0.328 e. The van der Waals surface area contributed by atoms with E-state index < -0.39 is 12.0 Å². The van der Waals surface area contributed by atoms with Gasteiger partial charge in [-0.05, 0) is 36.8 Å². The first kappa shape index (κ1) is 20.5. The smallest absolute Gasteiger partial charge is 0.328 e. The molecule has 0 bridgehead atoms. The molecule has 3 aromatic rings. The minimum absolute atomic E-state index is 0.342. The minimum Gasteiger partial charge on any atom is -0.497 e. The van der Waals surface area contributed by atoms with E-state index >= 15 is 0 Å². The summed E-state index contributed by atoms with van der Waals surface area (Å²) in [7, 11) is 2.92. The highest BCUT2D eigenvalue weighted by Crippen LogP contribution is 2.29. The van der Waals surface area contributed by atoms with Gasteiger partial charge in [0.1, 0.15) is 21.7 Å². The van der Waals surface area contributed by atoms with Crippen LogP contribution < -0.4 is 10.1 Å². The van der Waals surface area contributed by atoms with Gasteiger partial charge in [0, 0.05) is 12.0 Å². The number of amides is 1. The Bertz CT molecular complexity index is 984. The first-order valence-corrected chi connectivity index (χ1v) is 9.88. The number of methoxy groups -OCH3 is 2. The summed E-state index contributed by atoms with van der Waals surface area (Å²) in [6.07, 6.45) is 0.350. The van der Waals surface area contributed by atoms with Crippen molar-refractivity contribution in [1.29, 1.82) is 0 Å². The van der Waals surface area contributed by atoms with Crippen LogP contribution in [-0.4, -0.2) is 37.1 Å². The Morgan fingerprint density at radius 2 is 1.76 bits per heavy atom. The molecule has 1 aromatic heterocycles. The number of nitrogens with one attached hydrogen (secondary N) is 1. The normalized spacial score (nSPS) is 11.6. The molecule has 0 saturated heterocycles. The van der Waals surface area contributed by atoms with Gasteiger partial charge in [0.05, 0.1) is 19.9 Å². The van der Waals surface area contributed by atoms with E-state index in [1.807, 2.05) is 54.6 Å². The first-order chi connectivity index (χ1) is 14.0. The third kappa shape index (κ3) is 5.00. The monoisotopic (exact) mass is 410 g/mol. The highest BCUT2D eigenvalue weighted by molar-refractivity contribution is 7.17. The van der Waals surface area contributed by atoms with Crippen LogP contribution in [0.5, 0.6) is 5.75 Å². The number of thiazole rings is 1. The Kier molecular flexibility index (Phi) is 6.61. The van der Waals surface area contributed by atoms with Crippen molar-refractivity contribution in [2.75, 3.05) is 14.2 Å². The maximum absolute atomic E-state index is 12.9. The van der Waals surface area contributed by atoms with Crippen LogP contribution in [0.15, 0.2) is 54.6 Å². The molecule has 7 heteroatoms. The average molecular weight is 410 g/mol. The Morgan fingerprint density at radius 1 is 1.07 bits per heavy atom. The molecule has 1 atom stereocenters. The van der Waals surface area contributed by atoms with Crippen molar-refractivity contribution in [3.63, 3.8) is 0 Å². The Labute approximate surface area is 173 Å². The summed E-state index contributed by atoms with van der Waals surface area (Å²) in [5.74, 6) is -0.0762. The molecule has 29 heavy (non-hydrogen) atoms. The quantitative estimate of drug-likeness (QED) is 0.602. The lowest BCUT2D eigenvalue weighted by atomic mass is 10.1. The number of ether oxygens (including phenoxy) is 2. The summed E-state index contributed by atoms with van der Waals surface area (Å²) in [5.41, 5.74) is 2.44. The number of rotatable bonds is 7. The zero-order valence-electron chi connectivity index (χ0n) is 16.5. The number of nitrogens with zero attached hydrogens (tertiary/aromatic N) is 1. The number of aromatic nitrogens is 1. The molecule has 0 aliphatic heterocycles. The van der Waals surface area contributed by atoms with E-state index in [1.165, 1.54) is 18.4 Å². The number of aryl methyl sites for hydroxylation is 1. The molecule has 2 aromatic carbocycles. The van der Waals surface area contributed by atoms with Gasteiger partial charge in [-0.2, -0.15) is 0 Å². The van der Waals surface area contributed by atoms with Crippen molar-refractivity contribution in [1.82, 2.24) is 10.3 Å². The number of esters is 1. The second-order valence-electron chi connectivity index (χ2n) is 6.40. The Hall–Kier alpha value is -3.19. The number of carbonyl (C=O) groups is 2. The molecule has 0 unspecified atom stereocenters. The average Bonchev–Trinajstić information content (AvgIpc) is 3.15. The lowest BCUT2D eigenvalue weighted by Crippen LogP contribution is -2.43. The fourth-order valence-electron chi connectivity index (χ4n) is 2.87. The van der Waals surface area contributed by atoms with Gasteiger partial charge in [-0.1, -0.05) is 30.3 Å². The summed E-state index contributed by atoms with van der Waals surface area (Å²) in [6, 6.07) is 16.2. The van der Waals surface area contributed by atoms with E-state index in [2.05, 4.69) is 10.3 Å². The van der Waals surface area contributed by atoms with Crippen LogP contribution in [0.2, 0.25) is 0 Å². The molecule has 0 aliphatic rings. The predicted octanol–water partition coefficient (Wildman–Crippen LogP) is 3.64. The van der Waals surface area contributed by atoms with E-state index in [-0.39, 0.29) is 5.91 Å². The largest absolute Gasteiger partial charge is 0.497 e. The zero-order chi connectivity index (χ0) is 20.8. The van der Waals surface area contributed by atoms with E-state index in [9.17, 15) is 9.59 Å². The molecule has 0 spiro atoms. The second kappa shape index (κ2) is 9.34. The summed E-state index contributed by atoms with van der Waals surface area (Å²) in [5, 5.41) is 3.52. The fourth-order valence-corrected chi connectivity index (χ4v) is 3.85. The molecule has 1 N–H and O–H groups in total. The third-order valence-electron chi connectivity index (χ3n) is 4.41. The topological polar surface area (TPSA) is 77.5 Å². The van der Waals surface area contributed by atoms with Crippen molar-refractivity contribution in [2.24, 2.45) is 0 Å². The van der Waals surface area contributed by atoms with Gasteiger partial charge in [0.2, 0.25) is 0 Å². The molecular weight excluding hydrogens is 388 g/mol. The van der Waals surface area contributed by atoms with Crippen molar-refractivity contribution in [2.45, 2.75) is 19.4 Å².